The van der Waals surface area contributed by atoms with Crippen LogP contribution < -0.4 is 5.32 Å². The maximum atomic E-state index is 13.3. The predicted molar refractivity (Wildman–Crippen MR) is 99.7 cm³/mol. The Labute approximate surface area is 165 Å². The van der Waals surface area contributed by atoms with E-state index in [0.29, 0.717) is 31.8 Å². The van der Waals surface area contributed by atoms with E-state index in [2.05, 4.69) is 27.1 Å². The van der Waals surface area contributed by atoms with Gasteiger partial charge in [0.15, 0.2) is 5.82 Å². The van der Waals surface area contributed by atoms with Gasteiger partial charge in [-0.2, -0.15) is 18.3 Å². The Kier molecular flexibility index (Phi) is 5.71. The lowest BCUT2D eigenvalue weighted by Gasteiger charge is -2.30. The van der Waals surface area contributed by atoms with Crippen molar-refractivity contribution in [3.05, 3.63) is 42.2 Å². The fraction of sp³-hybridized carbons (Fsp3) is 0.368. The third-order valence-corrected chi connectivity index (χ3v) is 4.74. The molecule has 0 aliphatic carbocycles. The fourth-order valence-corrected chi connectivity index (χ4v) is 3.20. The van der Waals surface area contributed by atoms with Crippen molar-refractivity contribution in [3.8, 4) is 11.4 Å². The molecular formula is C19H20F3N5O2. The molecule has 0 atom stereocenters. The number of nitrogens with one attached hydrogen (secondary N) is 2. The summed E-state index contributed by atoms with van der Waals surface area (Å²) in [5.41, 5.74) is -0.739. The molecule has 154 valence electrons. The van der Waals surface area contributed by atoms with Crippen molar-refractivity contribution in [2.24, 2.45) is 5.92 Å². The number of aryl methyl sites for hydroxylation is 1. The second-order valence-corrected chi connectivity index (χ2v) is 6.83. The summed E-state index contributed by atoms with van der Waals surface area (Å²) < 4.78 is 39.9. The molecule has 0 spiro atoms. The first kappa shape index (κ1) is 20.6. The number of carbonyl (C=O) groups is 2. The van der Waals surface area contributed by atoms with Crippen LogP contribution in [0.2, 0.25) is 0 Å². The molecule has 29 heavy (non-hydrogen) atoms. The number of piperidine rings is 1. The molecule has 1 saturated heterocycles. The van der Waals surface area contributed by atoms with E-state index in [-0.39, 0.29) is 28.9 Å². The van der Waals surface area contributed by atoms with Gasteiger partial charge in [-0.3, -0.25) is 14.7 Å². The van der Waals surface area contributed by atoms with Crippen molar-refractivity contribution >= 4 is 17.5 Å². The quantitative estimate of drug-likeness (QED) is 0.762. The normalized spacial score (nSPS) is 15.2. The number of halogens is 3. The average Bonchev–Trinajstić information content (AvgIpc) is 3.13. The van der Waals surface area contributed by atoms with Crippen LogP contribution in [0.15, 0.2) is 30.9 Å². The lowest BCUT2D eigenvalue weighted by atomic mass is 9.95. The number of amides is 2. The van der Waals surface area contributed by atoms with Crippen LogP contribution in [0.4, 0.5) is 18.9 Å². The summed E-state index contributed by atoms with van der Waals surface area (Å²) in [6, 6.07) is 3.24. The van der Waals surface area contributed by atoms with Gasteiger partial charge in [-0.15, -0.1) is 0 Å². The number of hydrogen-bond donors (Lipinski definition) is 2. The Morgan fingerprint density at radius 2 is 1.97 bits per heavy atom. The highest BCUT2D eigenvalue weighted by Gasteiger charge is 2.32. The largest absolute Gasteiger partial charge is 0.416 e. The Balaban J connectivity index is 1.78. The number of aromatic amines is 1. The molecular weight excluding hydrogens is 387 g/mol. The van der Waals surface area contributed by atoms with Gasteiger partial charge in [0, 0.05) is 30.3 Å². The van der Waals surface area contributed by atoms with E-state index in [0.717, 1.165) is 12.1 Å². The molecule has 0 unspecified atom stereocenters. The van der Waals surface area contributed by atoms with Crippen molar-refractivity contribution in [2.75, 3.05) is 18.4 Å². The minimum atomic E-state index is -4.59. The van der Waals surface area contributed by atoms with Gasteiger partial charge >= 0.3 is 6.18 Å². The second-order valence-electron chi connectivity index (χ2n) is 6.83. The molecule has 0 saturated carbocycles. The molecule has 1 aliphatic heterocycles. The third kappa shape index (κ3) is 4.82. The van der Waals surface area contributed by atoms with Gasteiger partial charge in [-0.1, -0.05) is 6.58 Å². The number of carbonyl (C=O) groups excluding carboxylic acids is 2. The van der Waals surface area contributed by atoms with Crippen molar-refractivity contribution in [1.82, 2.24) is 20.1 Å². The van der Waals surface area contributed by atoms with E-state index < -0.39 is 17.7 Å². The molecule has 1 fully saturated rings. The van der Waals surface area contributed by atoms with E-state index in [4.69, 9.17) is 0 Å². The zero-order chi connectivity index (χ0) is 21.2. The standard InChI is InChI=1S/C19H20F3N5O2/c1-3-16(28)27-6-4-12(5-7-27)18(29)24-15-9-13(17-23-11(2)25-26-17)8-14(10-15)19(20,21)22/h3,8-10,12H,1,4-7H2,2H3,(H,24,29)(H,23,25,26). The van der Waals surface area contributed by atoms with Crippen molar-refractivity contribution in [3.63, 3.8) is 0 Å². The summed E-state index contributed by atoms with van der Waals surface area (Å²) in [5.74, 6) is -0.405. The number of rotatable bonds is 4. The summed E-state index contributed by atoms with van der Waals surface area (Å²) in [7, 11) is 0. The second kappa shape index (κ2) is 8.06. The molecule has 10 heteroatoms. The van der Waals surface area contributed by atoms with Gasteiger partial charge in [-0.05, 0) is 44.0 Å². The smallest absolute Gasteiger partial charge is 0.339 e. The topological polar surface area (TPSA) is 91.0 Å². The summed E-state index contributed by atoms with van der Waals surface area (Å²) >= 11 is 0. The van der Waals surface area contributed by atoms with Gasteiger partial charge < -0.3 is 10.2 Å². The van der Waals surface area contributed by atoms with E-state index in [9.17, 15) is 22.8 Å². The van der Waals surface area contributed by atoms with Gasteiger partial charge in [0.05, 0.1) is 5.56 Å². The van der Waals surface area contributed by atoms with Gasteiger partial charge in [0.1, 0.15) is 5.82 Å². The van der Waals surface area contributed by atoms with Crippen molar-refractivity contribution < 1.29 is 22.8 Å². The number of nitrogens with zero attached hydrogens (tertiary/aromatic N) is 3. The lowest BCUT2D eigenvalue weighted by molar-refractivity contribution is -0.137. The van der Waals surface area contributed by atoms with E-state index >= 15 is 0 Å². The molecule has 1 aromatic heterocycles. The van der Waals surface area contributed by atoms with Gasteiger partial charge in [0.2, 0.25) is 11.8 Å². The van der Waals surface area contributed by atoms with Crippen LogP contribution in [0.5, 0.6) is 0 Å². The minimum absolute atomic E-state index is 0.0203. The molecule has 2 heterocycles. The van der Waals surface area contributed by atoms with E-state index in [1.165, 1.54) is 12.1 Å². The number of aromatic nitrogens is 3. The van der Waals surface area contributed by atoms with Crippen LogP contribution >= 0.6 is 0 Å². The maximum absolute atomic E-state index is 13.3. The Bertz CT molecular complexity index is 930. The van der Waals surface area contributed by atoms with Crippen LogP contribution in [0, 0.1) is 12.8 Å². The number of alkyl halides is 3. The zero-order valence-corrected chi connectivity index (χ0v) is 15.7. The molecule has 7 nitrogen and oxygen atoms in total. The minimum Gasteiger partial charge on any atom is -0.339 e. The van der Waals surface area contributed by atoms with Crippen molar-refractivity contribution in [1.29, 1.82) is 0 Å². The number of anilines is 1. The van der Waals surface area contributed by atoms with Crippen LogP contribution in [0.3, 0.4) is 0 Å². The Morgan fingerprint density at radius 3 is 2.52 bits per heavy atom. The number of hydrogen-bond acceptors (Lipinski definition) is 4. The molecule has 1 aromatic carbocycles. The zero-order valence-electron chi connectivity index (χ0n) is 15.7. The number of benzene rings is 1. The predicted octanol–water partition coefficient (Wildman–Crippen LogP) is 3.16. The van der Waals surface area contributed by atoms with Crippen LogP contribution in [-0.4, -0.2) is 45.0 Å². The Morgan fingerprint density at radius 1 is 1.28 bits per heavy atom. The highest BCUT2D eigenvalue weighted by Crippen LogP contribution is 2.34. The average molecular weight is 407 g/mol. The first-order chi connectivity index (χ1) is 13.7. The van der Waals surface area contributed by atoms with Crippen molar-refractivity contribution in [2.45, 2.75) is 25.9 Å². The molecule has 3 rings (SSSR count). The summed E-state index contributed by atoms with van der Waals surface area (Å²) in [6.07, 6.45) is -2.51. The molecule has 1 aliphatic rings. The lowest BCUT2D eigenvalue weighted by Crippen LogP contribution is -2.40. The third-order valence-electron chi connectivity index (χ3n) is 4.74. The molecule has 2 N–H and O–H groups in total. The van der Waals surface area contributed by atoms with Gasteiger partial charge in [0.25, 0.3) is 0 Å². The molecule has 0 radical (unpaired) electrons. The van der Waals surface area contributed by atoms with E-state index in [1.807, 2.05) is 0 Å². The van der Waals surface area contributed by atoms with Crippen LogP contribution in [-0.2, 0) is 15.8 Å². The first-order valence-electron chi connectivity index (χ1n) is 9.01. The fourth-order valence-electron chi connectivity index (χ4n) is 3.20. The van der Waals surface area contributed by atoms with Crippen LogP contribution in [0.1, 0.15) is 24.2 Å². The highest BCUT2D eigenvalue weighted by atomic mass is 19.4. The summed E-state index contributed by atoms with van der Waals surface area (Å²) in [6.45, 7) is 5.86. The highest BCUT2D eigenvalue weighted by molar-refractivity contribution is 5.93. The molecule has 0 bridgehead atoms. The monoisotopic (exact) mass is 407 g/mol. The SMILES string of the molecule is C=CC(=O)N1CCC(C(=O)Nc2cc(-c3n[nH]c(C)n3)cc(C(F)(F)F)c2)CC1. The Hall–Kier alpha value is -3.17. The van der Waals surface area contributed by atoms with Crippen LogP contribution in [0.25, 0.3) is 11.4 Å². The number of likely N-dealkylation sites (tertiary alicyclic amines) is 1. The summed E-state index contributed by atoms with van der Waals surface area (Å²) in [4.78, 5) is 29.8. The molecule has 2 aromatic rings. The summed E-state index contributed by atoms with van der Waals surface area (Å²) in [5, 5.41) is 9.05. The maximum Gasteiger partial charge on any atom is 0.416 e. The molecule has 2 amide bonds. The number of H-pyrrole nitrogens is 1. The first-order valence-corrected chi connectivity index (χ1v) is 9.01. The van der Waals surface area contributed by atoms with Gasteiger partial charge in [-0.25, -0.2) is 4.98 Å². The van der Waals surface area contributed by atoms with E-state index in [1.54, 1.807) is 11.8 Å².